The Balaban J connectivity index is 1.65. The van der Waals surface area contributed by atoms with Crippen LogP contribution in [0.1, 0.15) is 49.2 Å². The van der Waals surface area contributed by atoms with E-state index in [1.807, 2.05) is 32.0 Å². The molecule has 1 heterocycles. The van der Waals surface area contributed by atoms with E-state index < -0.39 is 0 Å². The number of benzene rings is 1. The zero-order valence-corrected chi connectivity index (χ0v) is 15.1. The van der Waals surface area contributed by atoms with Gasteiger partial charge in [-0.1, -0.05) is 36.8 Å². The minimum atomic E-state index is -0.0231. The third-order valence-electron chi connectivity index (χ3n) is 4.79. The molecule has 1 amide bonds. The van der Waals surface area contributed by atoms with Gasteiger partial charge in [0.15, 0.2) is 0 Å². The van der Waals surface area contributed by atoms with Crippen LogP contribution in [0.4, 0.5) is 0 Å². The summed E-state index contributed by atoms with van der Waals surface area (Å²) in [5.41, 5.74) is 8.18. The molecular weight excluding hydrogens is 318 g/mol. The van der Waals surface area contributed by atoms with E-state index in [4.69, 9.17) is 5.73 Å². The molecule has 5 heteroatoms. The molecule has 0 spiro atoms. The zero-order chi connectivity index (χ0) is 17.1. The number of hydrogen-bond acceptors (Lipinski definition) is 4. The van der Waals surface area contributed by atoms with Crippen LogP contribution in [0.3, 0.4) is 0 Å². The molecule has 0 aliphatic heterocycles. The van der Waals surface area contributed by atoms with Crippen molar-refractivity contribution < 1.29 is 4.79 Å². The van der Waals surface area contributed by atoms with Gasteiger partial charge in [0.2, 0.25) is 5.91 Å². The Morgan fingerprint density at radius 3 is 2.79 bits per heavy atom. The van der Waals surface area contributed by atoms with Crippen molar-refractivity contribution in [1.29, 1.82) is 0 Å². The fourth-order valence-electron chi connectivity index (χ4n) is 3.44. The average molecular weight is 343 g/mol. The number of aryl methyl sites for hydroxylation is 1. The van der Waals surface area contributed by atoms with Crippen LogP contribution < -0.4 is 11.1 Å². The van der Waals surface area contributed by atoms with E-state index in [0.717, 1.165) is 40.4 Å². The molecule has 3 atom stereocenters. The largest absolute Gasteiger partial charge is 0.349 e. The quantitative estimate of drug-likeness (QED) is 0.867. The van der Waals surface area contributed by atoms with Crippen LogP contribution in [0.5, 0.6) is 0 Å². The number of rotatable bonds is 5. The third kappa shape index (κ3) is 3.84. The summed E-state index contributed by atoms with van der Waals surface area (Å²) < 4.78 is 0. The summed E-state index contributed by atoms with van der Waals surface area (Å²) in [6.45, 7) is 4.04. The fourth-order valence-corrected chi connectivity index (χ4v) is 4.51. The Hall–Kier alpha value is -1.72. The number of nitrogens with two attached hydrogens (primary N) is 1. The van der Waals surface area contributed by atoms with Gasteiger partial charge in [-0.2, -0.15) is 0 Å². The molecule has 1 unspecified atom stereocenters. The lowest BCUT2D eigenvalue weighted by molar-refractivity contribution is -0.122. The summed E-state index contributed by atoms with van der Waals surface area (Å²) in [4.78, 5) is 18.1. The second-order valence-corrected chi connectivity index (χ2v) is 7.71. The minimum absolute atomic E-state index is 0.0231. The molecule has 1 aromatic carbocycles. The molecule has 24 heavy (non-hydrogen) atoms. The van der Waals surface area contributed by atoms with Gasteiger partial charge in [0.25, 0.3) is 0 Å². The summed E-state index contributed by atoms with van der Waals surface area (Å²) in [6.07, 6.45) is 3.79. The highest BCUT2D eigenvalue weighted by Crippen LogP contribution is 2.32. The van der Waals surface area contributed by atoms with Crippen molar-refractivity contribution in [2.45, 2.75) is 51.6 Å². The highest BCUT2D eigenvalue weighted by atomic mass is 32.1. The molecule has 1 saturated carbocycles. The van der Waals surface area contributed by atoms with Crippen molar-refractivity contribution >= 4 is 17.2 Å². The number of nitrogens with one attached hydrogen (secondary N) is 1. The standard InChI is InChI=1S/C19H25N3OS/c1-12(21-17(23)11-15-9-6-10-16(15)20)18-13(2)22-19(24-18)14-7-4-3-5-8-14/h3-5,7-8,12,15-16H,6,9-11,20H2,1-2H3,(H,21,23)/t12?,15-,16+/m0/s1. The molecule has 1 aliphatic rings. The first-order valence-electron chi connectivity index (χ1n) is 8.62. The summed E-state index contributed by atoms with van der Waals surface area (Å²) >= 11 is 1.66. The smallest absolute Gasteiger partial charge is 0.220 e. The van der Waals surface area contributed by atoms with Gasteiger partial charge in [-0.15, -0.1) is 11.3 Å². The first-order chi connectivity index (χ1) is 11.5. The van der Waals surface area contributed by atoms with Crippen LogP contribution in [0.15, 0.2) is 30.3 Å². The van der Waals surface area contributed by atoms with E-state index in [1.165, 1.54) is 0 Å². The van der Waals surface area contributed by atoms with Crippen LogP contribution in [0.25, 0.3) is 10.6 Å². The van der Waals surface area contributed by atoms with Crippen molar-refractivity contribution in [2.75, 3.05) is 0 Å². The molecular formula is C19H25N3OS. The van der Waals surface area contributed by atoms with Crippen molar-refractivity contribution in [3.05, 3.63) is 40.9 Å². The van der Waals surface area contributed by atoms with Gasteiger partial charge in [-0.25, -0.2) is 4.98 Å². The second-order valence-electron chi connectivity index (χ2n) is 6.68. The van der Waals surface area contributed by atoms with Gasteiger partial charge in [0.05, 0.1) is 16.6 Å². The van der Waals surface area contributed by atoms with E-state index in [1.54, 1.807) is 11.3 Å². The lowest BCUT2D eigenvalue weighted by Crippen LogP contribution is -2.32. The molecule has 1 aromatic heterocycles. The third-order valence-corrected chi connectivity index (χ3v) is 6.18. The number of amides is 1. The van der Waals surface area contributed by atoms with Crippen LogP contribution >= 0.6 is 11.3 Å². The number of nitrogens with zero attached hydrogens (tertiary/aromatic N) is 1. The minimum Gasteiger partial charge on any atom is -0.349 e. The Bertz CT molecular complexity index is 698. The number of carbonyl (C=O) groups is 1. The summed E-state index contributed by atoms with van der Waals surface area (Å²) in [5.74, 6) is 0.429. The Kier molecular flexibility index (Phi) is 5.31. The molecule has 3 N–H and O–H groups in total. The molecule has 128 valence electrons. The normalized spacial score (nSPS) is 21.6. The highest BCUT2D eigenvalue weighted by molar-refractivity contribution is 7.15. The molecule has 1 aliphatic carbocycles. The highest BCUT2D eigenvalue weighted by Gasteiger charge is 2.27. The second kappa shape index (κ2) is 7.45. The van der Waals surface area contributed by atoms with Gasteiger partial charge >= 0.3 is 0 Å². The molecule has 1 fully saturated rings. The molecule has 0 saturated heterocycles. The van der Waals surface area contributed by atoms with Crippen molar-refractivity contribution in [1.82, 2.24) is 10.3 Å². The van der Waals surface area contributed by atoms with Crippen molar-refractivity contribution in [3.63, 3.8) is 0 Å². The van der Waals surface area contributed by atoms with Crippen LogP contribution in [0, 0.1) is 12.8 Å². The van der Waals surface area contributed by atoms with Gasteiger partial charge in [-0.3, -0.25) is 4.79 Å². The molecule has 4 nitrogen and oxygen atoms in total. The van der Waals surface area contributed by atoms with Crippen LogP contribution in [0.2, 0.25) is 0 Å². The first-order valence-corrected chi connectivity index (χ1v) is 9.44. The van der Waals surface area contributed by atoms with Gasteiger partial charge in [0.1, 0.15) is 5.01 Å². The fraction of sp³-hybridized carbons (Fsp3) is 0.474. The molecule has 2 aromatic rings. The van der Waals surface area contributed by atoms with E-state index in [0.29, 0.717) is 12.3 Å². The maximum atomic E-state index is 12.3. The molecule has 3 rings (SSSR count). The lowest BCUT2D eigenvalue weighted by atomic mass is 9.99. The van der Waals surface area contributed by atoms with Crippen molar-refractivity contribution in [3.8, 4) is 10.6 Å². The van der Waals surface area contributed by atoms with Crippen molar-refractivity contribution in [2.24, 2.45) is 11.7 Å². The number of thiazole rings is 1. The Labute approximate surface area is 147 Å². The lowest BCUT2D eigenvalue weighted by Gasteiger charge is -2.17. The molecule has 0 bridgehead atoms. The maximum absolute atomic E-state index is 12.3. The Morgan fingerprint density at radius 2 is 2.12 bits per heavy atom. The summed E-state index contributed by atoms with van der Waals surface area (Å²) in [7, 11) is 0. The Morgan fingerprint density at radius 1 is 1.38 bits per heavy atom. The summed E-state index contributed by atoms with van der Waals surface area (Å²) in [6, 6.07) is 10.3. The predicted octanol–water partition coefficient (Wildman–Crippen LogP) is 3.81. The summed E-state index contributed by atoms with van der Waals surface area (Å²) in [5, 5.41) is 4.13. The molecule has 0 radical (unpaired) electrons. The van der Waals surface area contributed by atoms with Gasteiger partial charge in [0, 0.05) is 18.0 Å². The maximum Gasteiger partial charge on any atom is 0.220 e. The van der Waals surface area contributed by atoms with E-state index in [9.17, 15) is 4.79 Å². The van der Waals surface area contributed by atoms with Gasteiger partial charge < -0.3 is 11.1 Å². The van der Waals surface area contributed by atoms with Crippen LogP contribution in [-0.2, 0) is 4.79 Å². The SMILES string of the molecule is Cc1nc(-c2ccccc2)sc1C(C)NC(=O)C[C@@H]1CCC[C@H]1N. The number of hydrogen-bond donors (Lipinski definition) is 2. The number of aromatic nitrogens is 1. The first kappa shape index (κ1) is 17.1. The average Bonchev–Trinajstić information content (AvgIpc) is 3.14. The van der Waals surface area contributed by atoms with Gasteiger partial charge in [-0.05, 0) is 32.6 Å². The predicted molar refractivity (Wildman–Crippen MR) is 98.8 cm³/mol. The monoisotopic (exact) mass is 343 g/mol. The topological polar surface area (TPSA) is 68.0 Å². The zero-order valence-electron chi connectivity index (χ0n) is 14.3. The number of carbonyl (C=O) groups excluding carboxylic acids is 1. The van der Waals surface area contributed by atoms with E-state index in [-0.39, 0.29) is 18.0 Å². The van der Waals surface area contributed by atoms with Crippen LogP contribution in [-0.4, -0.2) is 16.9 Å². The van der Waals surface area contributed by atoms with E-state index in [2.05, 4.69) is 22.4 Å². The van der Waals surface area contributed by atoms with E-state index >= 15 is 0 Å².